The van der Waals surface area contributed by atoms with Crippen LogP contribution in [-0.4, -0.2) is 36.6 Å². The van der Waals surface area contributed by atoms with Crippen molar-refractivity contribution in [1.29, 1.82) is 0 Å². The number of benzene rings is 2. The molecule has 0 aromatic heterocycles. The fraction of sp³-hybridized carbons (Fsp3) is 0.357. The average molecular weight is 475 g/mol. The lowest BCUT2D eigenvalue weighted by Crippen LogP contribution is -2.50. The predicted molar refractivity (Wildman–Crippen MR) is 139 cm³/mol. The molecule has 0 fully saturated rings. The number of carbonyl (C=O) groups excluding carboxylic acids is 3. The van der Waals surface area contributed by atoms with Crippen LogP contribution in [0.15, 0.2) is 72.2 Å². The van der Waals surface area contributed by atoms with Crippen molar-refractivity contribution in [1.82, 2.24) is 5.32 Å². The Morgan fingerprint density at radius 2 is 1.77 bits per heavy atom. The smallest absolute Gasteiger partial charge is 0.272 e. The fourth-order valence-electron chi connectivity index (χ4n) is 4.49. The number of benzodiazepines with no additional fused rings is 1. The Hall–Kier alpha value is -3.74. The summed E-state index contributed by atoms with van der Waals surface area (Å²) in [5.74, 6) is -2.48. The number of para-hydroxylation sites is 1. The molecule has 0 aliphatic carbocycles. The predicted octanol–water partition coefficient (Wildman–Crippen LogP) is 3.67. The van der Waals surface area contributed by atoms with Gasteiger partial charge in [0.15, 0.2) is 0 Å². The summed E-state index contributed by atoms with van der Waals surface area (Å²) in [6, 6.07) is 17.1. The number of amides is 3. The molecular weight excluding hydrogens is 440 g/mol. The lowest BCUT2D eigenvalue weighted by atomic mass is 9.81. The lowest BCUT2D eigenvalue weighted by molar-refractivity contribution is -0.136. The number of allylic oxidation sites excluding steroid dienone is 1. The number of nitrogens with zero attached hydrogens (tertiary/aromatic N) is 2. The molecule has 0 spiro atoms. The number of nitrogens with one attached hydrogen (secondary N) is 1. The summed E-state index contributed by atoms with van der Waals surface area (Å²) in [6.45, 7) is 7.69. The highest BCUT2D eigenvalue weighted by molar-refractivity contribution is 6.20. The van der Waals surface area contributed by atoms with Crippen molar-refractivity contribution in [3.8, 4) is 0 Å². The molecule has 0 bridgehead atoms. The standard InChI is InChI=1S/C28H34N4O3/c1-5-6-14-20(25(29)33)22(17-18(2)3)27(34)31-26-28(35)32(4)23-16-11-10-15-21(23)24(30-26)19-12-8-7-9-13-19/h5,7-13,15-16,18,20,22,26H,1,6,14,17H2,2-4H3,(H2,29,33)(H,31,34)/t20?,22?,26-/m1/s1. The quantitative estimate of drug-likeness (QED) is 0.513. The van der Waals surface area contributed by atoms with E-state index in [4.69, 9.17) is 10.7 Å². The molecule has 3 atom stereocenters. The third kappa shape index (κ3) is 6.04. The van der Waals surface area contributed by atoms with Crippen molar-refractivity contribution in [3.63, 3.8) is 0 Å². The number of fused-ring (bicyclic) bond motifs is 1. The van der Waals surface area contributed by atoms with E-state index in [1.807, 2.05) is 68.4 Å². The Labute approximate surface area is 207 Å². The van der Waals surface area contributed by atoms with Crippen LogP contribution in [0.25, 0.3) is 0 Å². The number of nitrogens with two attached hydrogens (primary N) is 1. The zero-order valence-corrected chi connectivity index (χ0v) is 20.6. The molecule has 2 aromatic carbocycles. The zero-order chi connectivity index (χ0) is 25.5. The summed E-state index contributed by atoms with van der Waals surface area (Å²) in [6.07, 6.45) is 2.01. The van der Waals surface area contributed by atoms with Crippen LogP contribution >= 0.6 is 0 Å². The molecule has 3 N–H and O–H groups in total. The van der Waals surface area contributed by atoms with E-state index in [9.17, 15) is 14.4 Å². The summed E-state index contributed by atoms with van der Waals surface area (Å²) >= 11 is 0. The molecule has 0 saturated heterocycles. The number of primary amides is 1. The third-order valence-corrected chi connectivity index (χ3v) is 6.26. The highest BCUT2D eigenvalue weighted by Crippen LogP contribution is 2.29. The van der Waals surface area contributed by atoms with Crippen LogP contribution in [0.1, 0.15) is 44.2 Å². The van der Waals surface area contributed by atoms with Crippen molar-refractivity contribution in [2.24, 2.45) is 28.5 Å². The van der Waals surface area contributed by atoms with E-state index in [-0.39, 0.29) is 11.8 Å². The van der Waals surface area contributed by atoms with Gasteiger partial charge < -0.3 is 16.0 Å². The Bertz CT molecular complexity index is 1110. The van der Waals surface area contributed by atoms with E-state index >= 15 is 0 Å². The maximum Gasteiger partial charge on any atom is 0.272 e. The maximum absolute atomic E-state index is 13.6. The SMILES string of the molecule is C=CCCC(C(N)=O)C(CC(C)C)C(=O)N[C@H]1N=C(c2ccccc2)c2ccccc2N(C)C1=O. The molecule has 3 rings (SSSR count). The summed E-state index contributed by atoms with van der Waals surface area (Å²) in [4.78, 5) is 45.5. The second-order valence-corrected chi connectivity index (χ2v) is 9.28. The maximum atomic E-state index is 13.6. The van der Waals surface area contributed by atoms with E-state index in [2.05, 4.69) is 11.9 Å². The molecule has 1 heterocycles. The van der Waals surface area contributed by atoms with Crippen molar-refractivity contribution >= 4 is 29.1 Å². The Morgan fingerprint density at radius 1 is 1.11 bits per heavy atom. The van der Waals surface area contributed by atoms with Crippen molar-refractivity contribution in [2.75, 3.05) is 11.9 Å². The number of hydrogen-bond donors (Lipinski definition) is 2. The van der Waals surface area contributed by atoms with Gasteiger partial charge in [0.25, 0.3) is 5.91 Å². The summed E-state index contributed by atoms with van der Waals surface area (Å²) in [5.41, 5.74) is 8.65. The van der Waals surface area contributed by atoms with Crippen LogP contribution in [-0.2, 0) is 14.4 Å². The van der Waals surface area contributed by atoms with Crippen LogP contribution in [0, 0.1) is 17.8 Å². The van der Waals surface area contributed by atoms with Crippen LogP contribution in [0.4, 0.5) is 5.69 Å². The monoisotopic (exact) mass is 474 g/mol. The van der Waals surface area contributed by atoms with Crippen LogP contribution in [0.5, 0.6) is 0 Å². The molecule has 2 aromatic rings. The first-order chi connectivity index (χ1) is 16.7. The molecule has 2 unspecified atom stereocenters. The first-order valence-corrected chi connectivity index (χ1v) is 11.9. The summed E-state index contributed by atoms with van der Waals surface area (Å²) in [5, 5.41) is 2.84. The molecule has 0 saturated carbocycles. The lowest BCUT2D eigenvalue weighted by Gasteiger charge is -2.27. The number of anilines is 1. The number of aliphatic imine (C=N–C) groups is 1. The Kier molecular flexibility index (Phi) is 8.58. The van der Waals surface area contributed by atoms with Gasteiger partial charge in [-0.05, 0) is 31.2 Å². The van der Waals surface area contributed by atoms with Crippen molar-refractivity contribution in [3.05, 3.63) is 78.4 Å². The van der Waals surface area contributed by atoms with Gasteiger partial charge in [-0.3, -0.25) is 14.4 Å². The fourth-order valence-corrected chi connectivity index (χ4v) is 4.49. The van der Waals surface area contributed by atoms with Crippen LogP contribution in [0.3, 0.4) is 0 Å². The minimum Gasteiger partial charge on any atom is -0.369 e. The van der Waals surface area contributed by atoms with Gasteiger partial charge >= 0.3 is 0 Å². The Balaban J connectivity index is 2.02. The zero-order valence-electron chi connectivity index (χ0n) is 20.6. The van der Waals surface area contributed by atoms with Gasteiger partial charge in [0.2, 0.25) is 18.0 Å². The highest BCUT2D eigenvalue weighted by atomic mass is 16.2. The number of carbonyl (C=O) groups is 3. The van der Waals surface area contributed by atoms with E-state index in [1.54, 1.807) is 13.1 Å². The first-order valence-electron chi connectivity index (χ1n) is 11.9. The second kappa shape index (κ2) is 11.6. The molecule has 1 aliphatic heterocycles. The van der Waals surface area contributed by atoms with Gasteiger partial charge in [-0.1, -0.05) is 68.5 Å². The minimum absolute atomic E-state index is 0.150. The topological polar surface area (TPSA) is 105 Å². The van der Waals surface area contributed by atoms with E-state index in [0.29, 0.717) is 30.7 Å². The number of rotatable bonds is 10. The van der Waals surface area contributed by atoms with E-state index in [1.165, 1.54) is 4.90 Å². The normalized spacial score (nSPS) is 17.1. The molecule has 1 aliphatic rings. The molecule has 3 amide bonds. The minimum atomic E-state index is -1.14. The van der Waals surface area contributed by atoms with Gasteiger partial charge in [0.05, 0.1) is 11.4 Å². The third-order valence-electron chi connectivity index (χ3n) is 6.26. The Morgan fingerprint density at radius 3 is 2.40 bits per heavy atom. The molecule has 184 valence electrons. The van der Waals surface area contributed by atoms with Crippen molar-refractivity contribution in [2.45, 2.75) is 39.3 Å². The van der Waals surface area contributed by atoms with Gasteiger partial charge in [-0.15, -0.1) is 6.58 Å². The first kappa shape index (κ1) is 25.9. The molecular formula is C28H34N4O3. The molecule has 7 nitrogen and oxygen atoms in total. The number of likely N-dealkylation sites (N-methyl/N-ethyl adjacent to an activating group) is 1. The summed E-state index contributed by atoms with van der Waals surface area (Å²) < 4.78 is 0. The van der Waals surface area contributed by atoms with E-state index < -0.39 is 29.8 Å². The molecule has 35 heavy (non-hydrogen) atoms. The average Bonchev–Trinajstić information content (AvgIpc) is 2.94. The largest absolute Gasteiger partial charge is 0.369 e. The highest BCUT2D eigenvalue weighted by Gasteiger charge is 2.36. The molecule has 7 heteroatoms. The van der Waals surface area contributed by atoms with E-state index in [0.717, 1.165) is 11.1 Å². The summed E-state index contributed by atoms with van der Waals surface area (Å²) in [7, 11) is 1.67. The van der Waals surface area contributed by atoms with Gasteiger partial charge in [-0.2, -0.15) is 0 Å². The van der Waals surface area contributed by atoms with Gasteiger partial charge in [-0.25, -0.2) is 4.99 Å². The van der Waals surface area contributed by atoms with Gasteiger partial charge in [0.1, 0.15) is 0 Å². The molecule has 0 radical (unpaired) electrons. The van der Waals surface area contributed by atoms with Crippen molar-refractivity contribution < 1.29 is 14.4 Å². The second-order valence-electron chi connectivity index (χ2n) is 9.28. The van der Waals surface area contributed by atoms with Crippen LogP contribution < -0.4 is 16.0 Å². The van der Waals surface area contributed by atoms with Gasteiger partial charge in [0, 0.05) is 30.0 Å². The van der Waals surface area contributed by atoms with Crippen LogP contribution in [0.2, 0.25) is 0 Å². The number of hydrogen-bond acceptors (Lipinski definition) is 4.